The van der Waals surface area contributed by atoms with Crippen molar-refractivity contribution in [3.8, 4) is 0 Å². The molecule has 1 amide bonds. The van der Waals surface area contributed by atoms with E-state index in [1.165, 1.54) is 17.0 Å². The number of benzene rings is 1. The molecule has 0 spiro atoms. The molecule has 0 bridgehead atoms. The number of nitrogens with one attached hydrogen (secondary N) is 1. The average molecular weight is 361 g/mol. The maximum absolute atomic E-state index is 12.3. The Balaban J connectivity index is 2.38. The van der Waals surface area contributed by atoms with Crippen LogP contribution in [-0.2, 0) is 10.0 Å². The van der Waals surface area contributed by atoms with Gasteiger partial charge in [-0.1, -0.05) is 0 Å². The molecule has 0 heterocycles. The smallest absolute Gasteiger partial charge is 0.254 e. The standard InChI is InChI=1S/C13H17BrN2O3S/c1-13(6-7-13)15-20(18,19)9-4-5-11(14)10(8-9)12(17)16(2)3/h4-5,8,15H,6-7H2,1-3H3. The number of rotatable bonds is 4. The minimum absolute atomic E-state index is 0.110. The second-order valence-corrected chi connectivity index (χ2v) is 8.04. The molecule has 110 valence electrons. The van der Waals surface area contributed by atoms with Crippen LogP contribution in [0.25, 0.3) is 0 Å². The topological polar surface area (TPSA) is 66.5 Å². The Hall–Kier alpha value is -0.920. The first-order valence-electron chi connectivity index (χ1n) is 6.20. The van der Waals surface area contributed by atoms with Crippen molar-refractivity contribution in [1.82, 2.24) is 9.62 Å². The summed E-state index contributed by atoms with van der Waals surface area (Å²) in [6.45, 7) is 1.87. The molecule has 5 nitrogen and oxygen atoms in total. The molecule has 0 aliphatic heterocycles. The Bertz CT molecular complexity index is 652. The summed E-state index contributed by atoms with van der Waals surface area (Å²) >= 11 is 3.28. The van der Waals surface area contributed by atoms with E-state index in [-0.39, 0.29) is 16.3 Å². The van der Waals surface area contributed by atoms with Crippen molar-refractivity contribution in [1.29, 1.82) is 0 Å². The molecule has 1 aliphatic carbocycles. The summed E-state index contributed by atoms with van der Waals surface area (Å²) in [6, 6.07) is 4.48. The summed E-state index contributed by atoms with van der Waals surface area (Å²) in [5, 5.41) is 0. The fourth-order valence-electron chi connectivity index (χ4n) is 1.75. The second-order valence-electron chi connectivity index (χ2n) is 5.51. The molecule has 0 saturated heterocycles. The van der Waals surface area contributed by atoms with E-state index in [1.807, 2.05) is 6.92 Å². The molecule has 1 N–H and O–H groups in total. The molecule has 1 aromatic rings. The molecule has 0 aromatic heterocycles. The summed E-state index contributed by atoms with van der Waals surface area (Å²) < 4.78 is 27.8. The molecule has 20 heavy (non-hydrogen) atoms. The average Bonchev–Trinajstić information content (AvgIpc) is 3.05. The van der Waals surface area contributed by atoms with Crippen molar-refractivity contribution in [3.63, 3.8) is 0 Å². The minimum Gasteiger partial charge on any atom is -0.345 e. The first-order valence-corrected chi connectivity index (χ1v) is 8.47. The lowest BCUT2D eigenvalue weighted by molar-refractivity contribution is 0.0826. The number of hydrogen-bond acceptors (Lipinski definition) is 3. The van der Waals surface area contributed by atoms with Crippen LogP contribution in [0.5, 0.6) is 0 Å². The van der Waals surface area contributed by atoms with E-state index in [2.05, 4.69) is 20.7 Å². The van der Waals surface area contributed by atoms with E-state index in [0.29, 0.717) is 10.0 Å². The molecule has 1 aliphatic rings. The highest BCUT2D eigenvalue weighted by atomic mass is 79.9. The van der Waals surface area contributed by atoms with Crippen LogP contribution >= 0.6 is 15.9 Å². The van der Waals surface area contributed by atoms with Gasteiger partial charge in [0.1, 0.15) is 0 Å². The van der Waals surface area contributed by atoms with Crippen molar-refractivity contribution < 1.29 is 13.2 Å². The van der Waals surface area contributed by atoms with Gasteiger partial charge in [-0.05, 0) is 53.9 Å². The van der Waals surface area contributed by atoms with Crippen LogP contribution in [0.15, 0.2) is 27.6 Å². The van der Waals surface area contributed by atoms with E-state index in [4.69, 9.17) is 0 Å². The number of carbonyl (C=O) groups excluding carboxylic acids is 1. The normalized spacial score (nSPS) is 16.8. The number of carbonyl (C=O) groups is 1. The van der Waals surface area contributed by atoms with Crippen molar-refractivity contribution in [3.05, 3.63) is 28.2 Å². The molecule has 0 radical (unpaired) electrons. The first kappa shape index (κ1) is 15.5. The van der Waals surface area contributed by atoms with E-state index in [1.54, 1.807) is 20.2 Å². The van der Waals surface area contributed by atoms with Gasteiger partial charge in [0.05, 0.1) is 10.5 Å². The fraction of sp³-hybridized carbons (Fsp3) is 0.462. The van der Waals surface area contributed by atoms with Gasteiger partial charge in [-0.3, -0.25) is 4.79 Å². The summed E-state index contributed by atoms with van der Waals surface area (Å²) in [5.41, 5.74) is -0.00344. The highest BCUT2D eigenvalue weighted by Gasteiger charge is 2.41. The maximum atomic E-state index is 12.3. The fourth-order valence-corrected chi connectivity index (χ4v) is 3.66. The van der Waals surface area contributed by atoms with E-state index >= 15 is 0 Å². The SMILES string of the molecule is CN(C)C(=O)c1cc(S(=O)(=O)NC2(C)CC2)ccc1Br. The van der Waals surface area contributed by atoms with Crippen LogP contribution in [0.2, 0.25) is 0 Å². The Morgan fingerprint density at radius 3 is 2.45 bits per heavy atom. The molecule has 1 saturated carbocycles. The maximum Gasteiger partial charge on any atom is 0.254 e. The highest BCUT2D eigenvalue weighted by Crippen LogP contribution is 2.36. The first-order chi connectivity index (χ1) is 9.15. The number of amides is 1. The quantitative estimate of drug-likeness (QED) is 0.892. The lowest BCUT2D eigenvalue weighted by Crippen LogP contribution is -2.34. The second kappa shape index (κ2) is 5.13. The monoisotopic (exact) mass is 360 g/mol. The Morgan fingerprint density at radius 2 is 1.95 bits per heavy atom. The molecule has 0 unspecified atom stereocenters. The van der Waals surface area contributed by atoms with Crippen LogP contribution in [0, 0.1) is 0 Å². The van der Waals surface area contributed by atoms with Gasteiger partial charge in [-0.2, -0.15) is 0 Å². The largest absolute Gasteiger partial charge is 0.345 e. The van der Waals surface area contributed by atoms with Gasteiger partial charge < -0.3 is 4.90 Å². The molecule has 1 aromatic carbocycles. The molecule has 0 atom stereocenters. The van der Waals surface area contributed by atoms with Crippen molar-refractivity contribution in [2.45, 2.75) is 30.2 Å². The lowest BCUT2D eigenvalue weighted by atomic mass is 10.2. The summed E-state index contributed by atoms with van der Waals surface area (Å²) in [7, 11) is -0.347. The van der Waals surface area contributed by atoms with Gasteiger partial charge in [0.15, 0.2) is 0 Å². The summed E-state index contributed by atoms with van der Waals surface area (Å²) in [5.74, 6) is -0.244. The minimum atomic E-state index is -3.60. The highest BCUT2D eigenvalue weighted by molar-refractivity contribution is 9.10. The predicted octanol–water partition coefficient (Wildman–Crippen LogP) is 1.98. The van der Waals surface area contributed by atoms with Gasteiger partial charge in [-0.15, -0.1) is 0 Å². The Labute approximate surface area is 127 Å². The third-order valence-electron chi connectivity index (χ3n) is 3.27. The lowest BCUT2D eigenvalue weighted by Gasteiger charge is -2.15. The zero-order valence-electron chi connectivity index (χ0n) is 11.6. The van der Waals surface area contributed by atoms with Crippen molar-refractivity contribution >= 4 is 31.9 Å². The summed E-state index contributed by atoms with van der Waals surface area (Å²) in [4.78, 5) is 13.5. The predicted molar refractivity (Wildman–Crippen MR) is 80.1 cm³/mol. The number of hydrogen-bond donors (Lipinski definition) is 1. The molecular weight excluding hydrogens is 344 g/mol. The summed E-state index contributed by atoms with van der Waals surface area (Å²) in [6.07, 6.45) is 1.68. The number of nitrogens with zero attached hydrogens (tertiary/aromatic N) is 1. The number of halogens is 1. The van der Waals surface area contributed by atoms with E-state index in [0.717, 1.165) is 12.8 Å². The van der Waals surface area contributed by atoms with Crippen molar-refractivity contribution in [2.75, 3.05) is 14.1 Å². The third kappa shape index (κ3) is 3.21. The van der Waals surface area contributed by atoms with Gasteiger partial charge in [0, 0.05) is 24.1 Å². The van der Waals surface area contributed by atoms with Crippen LogP contribution in [-0.4, -0.2) is 38.9 Å². The third-order valence-corrected chi connectivity index (χ3v) is 5.59. The van der Waals surface area contributed by atoms with Gasteiger partial charge >= 0.3 is 0 Å². The zero-order chi connectivity index (χ0) is 15.1. The van der Waals surface area contributed by atoms with Gasteiger partial charge in [0.2, 0.25) is 10.0 Å². The molecular formula is C13H17BrN2O3S. The zero-order valence-corrected chi connectivity index (χ0v) is 14.0. The Morgan fingerprint density at radius 1 is 1.35 bits per heavy atom. The number of sulfonamides is 1. The van der Waals surface area contributed by atoms with Crippen LogP contribution in [0.4, 0.5) is 0 Å². The van der Waals surface area contributed by atoms with E-state index in [9.17, 15) is 13.2 Å². The van der Waals surface area contributed by atoms with Gasteiger partial charge in [0.25, 0.3) is 5.91 Å². The molecule has 7 heteroatoms. The molecule has 2 rings (SSSR count). The van der Waals surface area contributed by atoms with Crippen LogP contribution < -0.4 is 4.72 Å². The van der Waals surface area contributed by atoms with Crippen molar-refractivity contribution in [2.24, 2.45) is 0 Å². The van der Waals surface area contributed by atoms with Crippen LogP contribution in [0.1, 0.15) is 30.1 Å². The molecule has 1 fully saturated rings. The van der Waals surface area contributed by atoms with Crippen LogP contribution in [0.3, 0.4) is 0 Å². The Kier molecular flexibility index (Phi) is 3.96. The van der Waals surface area contributed by atoms with E-state index < -0.39 is 10.0 Å². The van der Waals surface area contributed by atoms with Gasteiger partial charge in [-0.25, -0.2) is 13.1 Å².